The van der Waals surface area contributed by atoms with Gasteiger partial charge in [-0.25, -0.2) is 14.5 Å². The lowest BCUT2D eigenvalue weighted by Crippen LogP contribution is -2.56. The second kappa shape index (κ2) is 9.38. The summed E-state index contributed by atoms with van der Waals surface area (Å²) in [7, 11) is 0. The average Bonchev–Trinajstić information content (AvgIpc) is 3.43. The van der Waals surface area contributed by atoms with Crippen molar-refractivity contribution in [1.29, 1.82) is 0 Å². The number of halogens is 1. The Bertz CT molecular complexity index is 1270. The molecule has 5 rings (SSSR count). The molecule has 0 bridgehead atoms. The second-order valence-corrected chi connectivity index (χ2v) is 11.3. The highest BCUT2D eigenvalue weighted by Gasteiger charge is 2.34. The Morgan fingerprint density at radius 3 is 2.50 bits per heavy atom. The fourth-order valence-electron chi connectivity index (χ4n) is 4.32. The average molecular weight is 556 g/mol. The molecule has 2 aliphatic rings. The van der Waals surface area contributed by atoms with Crippen molar-refractivity contribution in [2.24, 2.45) is 0 Å². The molecule has 0 unspecified atom stereocenters. The van der Waals surface area contributed by atoms with E-state index in [2.05, 4.69) is 50.3 Å². The number of carbonyl (C=O) groups excluding carboxylic acids is 2. The third kappa shape index (κ3) is 5.18. The van der Waals surface area contributed by atoms with Crippen LogP contribution in [0, 0.1) is 0 Å². The van der Waals surface area contributed by atoms with E-state index in [0.717, 1.165) is 5.69 Å². The van der Waals surface area contributed by atoms with Crippen LogP contribution in [-0.2, 0) is 4.74 Å². The van der Waals surface area contributed by atoms with Gasteiger partial charge in [0.15, 0.2) is 11.4 Å². The fourth-order valence-corrected chi connectivity index (χ4v) is 4.77. The van der Waals surface area contributed by atoms with Crippen LogP contribution in [-0.4, -0.2) is 67.8 Å². The van der Waals surface area contributed by atoms with E-state index in [0.29, 0.717) is 35.7 Å². The molecule has 1 aliphatic carbocycles. The molecule has 36 heavy (non-hydrogen) atoms. The van der Waals surface area contributed by atoms with Crippen LogP contribution in [0.3, 0.4) is 0 Å². The van der Waals surface area contributed by atoms with Gasteiger partial charge in [0.25, 0.3) is 5.91 Å². The first-order valence-corrected chi connectivity index (χ1v) is 13.0. The van der Waals surface area contributed by atoms with Gasteiger partial charge in [0.2, 0.25) is 5.89 Å². The van der Waals surface area contributed by atoms with Crippen molar-refractivity contribution in [2.75, 3.05) is 19.6 Å². The largest absolute Gasteiger partial charge is 0.444 e. The topological polar surface area (TPSA) is 93.7 Å². The smallest absolute Gasteiger partial charge is 0.410 e. The predicted molar refractivity (Wildman–Crippen MR) is 137 cm³/mol. The minimum Gasteiger partial charge on any atom is -0.444 e. The third-order valence-electron chi connectivity index (χ3n) is 6.34. The zero-order valence-electron chi connectivity index (χ0n) is 20.9. The van der Waals surface area contributed by atoms with E-state index in [1.54, 1.807) is 14.5 Å². The molecule has 3 heterocycles. The maximum Gasteiger partial charge on any atom is 0.410 e. The van der Waals surface area contributed by atoms with Gasteiger partial charge in [-0.3, -0.25) is 4.79 Å². The lowest BCUT2D eigenvalue weighted by atomic mass is 10.1. The quantitative estimate of drug-likeness (QED) is 0.436. The van der Waals surface area contributed by atoms with E-state index < -0.39 is 5.60 Å². The first kappa shape index (κ1) is 24.5. The standard InChI is InChI=1S/C26H30BrN5O4/c1-16-13-30(11-12-31(16)25(34)36-26(2,3)4)24(33)21-15-35-23(28-21)22-20(27)14-32(29-22)19-9-7-18(8-10-19)17-5-6-17/h7-10,14-17H,5-6,11-13H2,1-4H3/t16-/m0/s1. The highest BCUT2D eigenvalue weighted by molar-refractivity contribution is 9.10. The van der Waals surface area contributed by atoms with E-state index in [1.807, 2.05) is 33.9 Å². The van der Waals surface area contributed by atoms with Crippen LogP contribution in [0.4, 0.5) is 4.79 Å². The first-order chi connectivity index (χ1) is 17.1. The van der Waals surface area contributed by atoms with Gasteiger partial charge in [-0.15, -0.1) is 0 Å². The lowest BCUT2D eigenvalue weighted by molar-refractivity contribution is 0.00190. The van der Waals surface area contributed by atoms with Crippen LogP contribution in [0.1, 0.15) is 62.5 Å². The number of amides is 2. The van der Waals surface area contributed by atoms with Gasteiger partial charge in [0, 0.05) is 31.9 Å². The van der Waals surface area contributed by atoms with Gasteiger partial charge < -0.3 is 19.0 Å². The van der Waals surface area contributed by atoms with Crippen molar-refractivity contribution in [2.45, 2.75) is 58.1 Å². The number of ether oxygens (including phenoxy) is 1. The van der Waals surface area contributed by atoms with Crippen LogP contribution in [0.5, 0.6) is 0 Å². The van der Waals surface area contributed by atoms with Gasteiger partial charge in [0.1, 0.15) is 11.9 Å². The number of hydrogen-bond acceptors (Lipinski definition) is 6. The summed E-state index contributed by atoms with van der Waals surface area (Å²) in [6.07, 6.45) is 5.37. The number of oxazole rings is 1. The monoisotopic (exact) mass is 555 g/mol. The summed E-state index contributed by atoms with van der Waals surface area (Å²) in [5, 5.41) is 4.63. The number of piperazine rings is 1. The molecular formula is C26H30BrN5O4. The van der Waals surface area contributed by atoms with Crippen molar-refractivity contribution < 1.29 is 18.7 Å². The SMILES string of the molecule is C[C@H]1CN(C(=O)c2coc(-c3nn(-c4ccc(C5CC5)cc4)cc3Br)n2)CCN1C(=O)OC(C)(C)C. The molecule has 2 amide bonds. The number of hydrogen-bond donors (Lipinski definition) is 0. The maximum absolute atomic E-state index is 13.1. The van der Waals surface area contributed by atoms with Crippen molar-refractivity contribution in [3.63, 3.8) is 0 Å². The Kier molecular flexibility index (Phi) is 6.40. The molecule has 10 heteroatoms. The minimum atomic E-state index is -0.567. The van der Waals surface area contributed by atoms with Gasteiger partial charge in [-0.2, -0.15) is 5.10 Å². The molecule has 190 valence electrons. The maximum atomic E-state index is 13.1. The van der Waals surface area contributed by atoms with Crippen LogP contribution in [0.2, 0.25) is 0 Å². The van der Waals surface area contributed by atoms with E-state index >= 15 is 0 Å². The summed E-state index contributed by atoms with van der Waals surface area (Å²) in [4.78, 5) is 33.4. The van der Waals surface area contributed by atoms with Crippen LogP contribution in [0.15, 0.2) is 45.6 Å². The molecule has 2 aromatic heterocycles. The number of nitrogens with zero attached hydrogens (tertiary/aromatic N) is 5. The number of rotatable bonds is 4. The predicted octanol–water partition coefficient (Wildman–Crippen LogP) is 5.25. The lowest BCUT2D eigenvalue weighted by Gasteiger charge is -2.39. The highest BCUT2D eigenvalue weighted by atomic mass is 79.9. The summed E-state index contributed by atoms with van der Waals surface area (Å²) in [5.41, 5.74) is 2.46. The van der Waals surface area contributed by atoms with Crippen molar-refractivity contribution >= 4 is 27.9 Å². The molecule has 1 saturated heterocycles. The summed E-state index contributed by atoms with van der Waals surface area (Å²) in [6.45, 7) is 8.58. The Hall–Kier alpha value is -3.14. The molecule has 0 N–H and O–H groups in total. The van der Waals surface area contributed by atoms with Crippen LogP contribution >= 0.6 is 15.9 Å². The molecule has 1 aliphatic heterocycles. The van der Waals surface area contributed by atoms with Gasteiger partial charge in [-0.1, -0.05) is 12.1 Å². The van der Waals surface area contributed by atoms with Gasteiger partial charge in [0.05, 0.1) is 10.2 Å². The molecule has 0 radical (unpaired) electrons. The van der Waals surface area contributed by atoms with E-state index in [1.165, 1.54) is 24.7 Å². The molecule has 0 spiro atoms. The molecular weight excluding hydrogens is 526 g/mol. The van der Waals surface area contributed by atoms with Gasteiger partial charge >= 0.3 is 6.09 Å². The van der Waals surface area contributed by atoms with E-state index in [-0.39, 0.29) is 29.6 Å². The van der Waals surface area contributed by atoms with Crippen LogP contribution < -0.4 is 0 Å². The molecule has 2 fully saturated rings. The first-order valence-electron chi connectivity index (χ1n) is 12.2. The summed E-state index contributed by atoms with van der Waals surface area (Å²) in [6, 6.07) is 8.22. The Labute approximate surface area is 218 Å². The summed E-state index contributed by atoms with van der Waals surface area (Å²) >= 11 is 3.54. The summed E-state index contributed by atoms with van der Waals surface area (Å²) in [5.74, 6) is 0.719. The molecule has 1 aromatic carbocycles. The van der Waals surface area contributed by atoms with E-state index in [4.69, 9.17) is 9.15 Å². The molecule has 1 saturated carbocycles. The van der Waals surface area contributed by atoms with E-state index in [9.17, 15) is 9.59 Å². The second-order valence-electron chi connectivity index (χ2n) is 10.4. The van der Waals surface area contributed by atoms with Gasteiger partial charge in [-0.05, 0) is 80.1 Å². The van der Waals surface area contributed by atoms with Crippen molar-refractivity contribution in [3.05, 3.63) is 52.5 Å². The zero-order chi connectivity index (χ0) is 25.6. The Morgan fingerprint density at radius 2 is 1.86 bits per heavy atom. The fraction of sp³-hybridized carbons (Fsp3) is 0.462. The number of aromatic nitrogens is 3. The zero-order valence-corrected chi connectivity index (χ0v) is 22.5. The normalized spacial score (nSPS) is 18.4. The molecule has 3 aromatic rings. The minimum absolute atomic E-state index is 0.180. The summed E-state index contributed by atoms with van der Waals surface area (Å²) < 4.78 is 13.6. The Morgan fingerprint density at radius 1 is 1.14 bits per heavy atom. The highest BCUT2D eigenvalue weighted by Crippen LogP contribution is 2.40. The number of benzene rings is 1. The van der Waals surface area contributed by atoms with Crippen LogP contribution in [0.25, 0.3) is 17.3 Å². The van der Waals surface area contributed by atoms with Crippen molar-refractivity contribution in [1.82, 2.24) is 24.6 Å². The third-order valence-corrected chi connectivity index (χ3v) is 6.92. The Balaban J connectivity index is 1.26. The molecule has 1 atom stereocenters. The van der Waals surface area contributed by atoms with Crippen molar-refractivity contribution in [3.8, 4) is 17.3 Å². The number of carbonyl (C=O) groups is 2. The molecule has 9 nitrogen and oxygen atoms in total.